The first-order valence-corrected chi connectivity index (χ1v) is 7.66. The number of rotatable bonds is 5. The van der Waals surface area contributed by atoms with Crippen molar-refractivity contribution in [3.63, 3.8) is 0 Å². The van der Waals surface area contributed by atoms with E-state index in [-0.39, 0.29) is 16.5 Å². The maximum absolute atomic E-state index is 12.1. The summed E-state index contributed by atoms with van der Waals surface area (Å²) in [6, 6.07) is 4.44. The van der Waals surface area contributed by atoms with Crippen molar-refractivity contribution in [2.75, 3.05) is 7.11 Å². The molecule has 0 aromatic carbocycles. The quantitative estimate of drug-likeness (QED) is 0.849. The monoisotopic (exact) mass is 329 g/mol. The predicted octanol–water partition coefficient (Wildman–Crippen LogP) is 0.910. The molecule has 0 atom stereocenters. The highest BCUT2D eigenvalue weighted by atomic mass is 35.5. The number of pyridine rings is 2. The number of aromatic nitrogens is 2. The molecule has 2 heterocycles. The summed E-state index contributed by atoms with van der Waals surface area (Å²) in [5.74, 6) is 0.333. The van der Waals surface area contributed by atoms with Gasteiger partial charge >= 0.3 is 0 Å². The summed E-state index contributed by atoms with van der Waals surface area (Å²) in [6.07, 6.45) is 2.62. The van der Waals surface area contributed by atoms with Gasteiger partial charge in [0.1, 0.15) is 5.02 Å². The smallest absolute Gasteiger partial charge is 0.266 e. The van der Waals surface area contributed by atoms with Crippen LogP contribution in [0.5, 0.6) is 5.88 Å². The van der Waals surface area contributed by atoms with Gasteiger partial charge in [-0.2, -0.15) is 0 Å². The number of H-pyrrole nitrogens is 1. The summed E-state index contributed by atoms with van der Waals surface area (Å²) in [4.78, 5) is 17.2. The van der Waals surface area contributed by atoms with Crippen molar-refractivity contribution in [3.8, 4) is 5.88 Å². The van der Waals surface area contributed by atoms with E-state index in [9.17, 15) is 13.2 Å². The second-order valence-electron chi connectivity index (χ2n) is 4.01. The largest absolute Gasteiger partial charge is 0.481 e. The topological polar surface area (TPSA) is 101 Å². The van der Waals surface area contributed by atoms with Crippen LogP contribution in [0.2, 0.25) is 5.02 Å². The van der Waals surface area contributed by atoms with Gasteiger partial charge in [-0.3, -0.25) is 4.79 Å². The molecule has 2 aromatic heterocycles. The molecule has 7 nitrogen and oxygen atoms in total. The van der Waals surface area contributed by atoms with Gasteiger partial charge in [0, 0.05) is 24.5 Å². The molecule has 21 heavy (non-hydrogen) atoms. The van der Waals surface area contributed by atoms with Crippen molar-refractivity contribution in [1.82, 2.24) is 14.7 Å². The van der Waals surface area contributed by atoms with Crippen molar-refractivity contribution in [2.45, 2.75) is 11.4 Å². The van der Waals surface area contributed by atoms with Crippen LogP contribution in [-0.2, 0) is 16.6 Å². The molecule has 2 N–H and O–H groups in total. The minimum Gasteiger partial charge on any atom is -0.481 e. The van der Waals surface area contributed by atoms with Crippen LogP contribution < -0.4 is 15.0 Å². The number of ether oxygens (including phenoxy) is 1. The molecule has 0 aliphatic heterocycles. The lowest BCUT2D eigenvalue weighted by atomic mass is 10.3. The average Bonchev–Trinajstić information content (AvgIpc) is 2.48. The van der Waals surface area contributed by atoms with E-state index in [0.29, 0.717) is 11.4 Å². The van der Waals surface area contributed by atoms with Gasteiger partial charge in [0.25, 0.3) is 5.56 Å². The van der Waals surface area contributed by atoms with Crippen LogP contribution in [0, 0.1) is 0 Å². The molecule has 9 heteroatoms. The Kier molecular flexibility index (Phi) is 4.61. The molecule has 0 unspecified atom stereocenters. The molecule has 2 rings (SSSR count). The van der Waals surface area contributed by atoms with Crippen LogP contribution >= 0.6 is 11.6 Å². The number of halogens is 1. The number of nitrogens with zero attached hydrogens (tertiary/aromatic N) is 1. The van der Waals surface area contributed by atoms with Crippen LogP contribution in [0.15, 0.2) is 40.3 Å². The minimum absolute atomic E-state index is 0.00388. The zero-order valence-corrected chi connectivity index (χ0v) is 12.5. The standard InChI is InChI=1S/C12H12ClN3O4S/c1-20-12-8(3-2-4-14-12)6-16-21(18,19)9-5-10(13)11(17)15-7-9/h2-5,7,16H,6H2,1H3,(H,15,17). The SMILES string of the molecule is COc1ncccc1CNS(=O)(=O)c1c[nH]c(=O)c(Cl)c1. The molecule has 0 amide bonds. The highest BCUT2D eigenvalue weighted by molar-refractivity contribution is 7.89. The van der Waals surface area contributed by atoms with Crippen LogP contribution in [-0.4, -0.2) is 25.5 Å². The first kappa shape index (κ1) is 15.5. The van der Waals surface area contributed by atoms with E-state index in [4.69, 9.17) is 16.3 Å². The Morgan fingerprint density at radius 1 is 1.48 bits per heavy atom. The van der Waals surface area contributed by atoms with E-state index >= 15 is 0 Å². The molecule has 0 radical (unpaired) electrons. The molecule has 0 aliphatic rings. The number of sulfonamides is 1. The maximum Gasteiger partial charge on any atom is 0.266 e. The zero-order chi connectivity index (χ0) is 15.5. The van der Waals surface area contributed by atoms with Gasteiger partial charge in [0.05, 0.1) is 12.0 Å². The second kappa shape index (κ2) is 6.25. The summed E-state index contributed by atoms with van der Waals surface area (Å²) in [7, 11) is -2.36. The van der Waals surface area contributed by atoms with Gasteiger partial charge in [0.15, 0.2) is 0 Å². The Morgan fingerprint density at radius 2 is 2.24 bits per heavy atom. The summed E-state index contributed by atoms with van der Waals surface area (Å²) in [6.45, 7) is -0.00388. The molecule has 2 aromatic rings. The molecule has 112 valence electrons. The fourth-order valence-electron chi connectivity index (χ4n) is 1.59. The van der Waals surface area contributed by atoms with E-state index in [1.54, 1.807) is 18.3 Å². The number of methoxy groups -OCH3 is 1. The van der Waals surface area contributed by atoms with Crippen molar-refractivity contribution in [1.29, 1.82) is 0 Å². The zero-order valence-electron chi connectivity index (χ0n) is 11.0. The van der Waals surface area contributed by atoms with Gasteiger partial charge in [0.2, 0.25) is 15.9 Å². The fraction of sp³-hybridized carbons (Fsp3) is 0.167. The number of hydrogen-bond acceptors (Lipinski definition) is 5. The fourth-order valence-corrected chi connectivity index (χ4v) is 2.83. The van der Waals surface area contributed by atoms with Crippen molar-refractivity contribution >= 4 is 21.6 Å². The van der Waals surface area contributed by atoms with Crippen LogP contribution in [0.3, 0.4) is 0 Å². The molecule has 0 saturated heterocycles. The first-order chi connectivity index (χ1) is 9.94. The molecule has 0 spiro atoms. The lowest BCUT2D eigenvalue weighted by molar-refractivity contribution is 0.392. The predicted molar refractivity (Wildman–Crippen MR) is 76.9 cm³/mol. The van der Waals surface area contributed by atoms with E-state index in [1.807, 2.05) is 0 Å². The van der Waals surface area contributed by atoms with E-state index in [0.717, 1.165) is 12.3 Å². The van der Waals surface area contributed by atoms with Gasteiger partial charge in [-0.05, 0) is 12.1 Å². The molecular weight excluding hydrogens is 318 g/mol. The average molecular weight is 330 g/mol. The maximum atomic E-state index is 12.1. The van der Waals surface area contributed by atoms with Gasteiger partial charge in [-0.25, -0.2) is 18.1 Å². The molecular formula is C12H12ClN3O4S. The Hall–Kier alpha value is -1.90. The first-order valence-electron chi connectivity index (χ1n) is 5.80. The van der Waals surface area contributed by atoms with Gasteiger partial charge < -0.3 is 9.72 Å². The summed E-state index contributed by atoms with van der Waals surface area (Å²) >= 11 is 5.62. The normalized spacial score (nSPS) is 11.3. The molecule has 0 aliphatic carbocycles. The van der Waals surface area contributed by atoms with Crippen LogP contribution in [0.1, 0.15) is 5.56 Å². The highest BCUT2D eigenvalue weighted by Gasteiger charge is 2.16. The second-order valence-corrected chi connectivity index (χ2v) is 6.18. The van der Waals surface area contributed by atoms with Crippen molar-refractivity contribution in [3.05, 3.63) is 51.5 Å². The Morgan fingerprint density at radius 3 is 2.90 bits per heavy atom. The van der Waals surface area contributed by atoms with Crippen molar-refractivity contribution in [2.24, 2.45) is 0 Å². The number of nitrogens with one attached hydrogen (secondary N) is 2. The summed E-state index contributed by atoms with van der Waals surface area (Å²) in [5, 5.41) is -0.197. The van der Waals surface area contributed by atoms with E-state index < -0.39 is 15.6 Å². The summed E-state index contributed by atoms with van der Waals surface area (Å²) < 4.78 is 31.7. The number of hydrogen-bond donors (Lipinski definition) is 2. The lowest BCUT2D eigenvalue weighted by Crippen LogP contribution is -2.24. The Bertz CT molecular complexity index is 804. The van der Waals surface area contributed by atoms with Gasteiger partial charge in [-0.15, -0.1) is 0 Å². The summed E-state index contributed by atoms with van der Waals surface area (Å²) in [5.41, 5.74) is 0.0311. The third-order valence-corrected chi connectivity index (χ3v) is 4.30. The minimum atomic E-state index is -3.81. The van der Waals surface area contributed by atoms with Crippen molar-refractivity contribution < 1.29 is 13.2 Å². The number of aromatic amines is 1. The molecule has 0 fully saturated rings. The van der Waals surface area contributed by atoms with Crippen LogP contribution in [0.4, 0.5) is 0 Å². The Balaban J connectivity index is 2.21. The van der Waals surface area contributed by atoms with E-state index in [2.05, 4.69) is 14.7 Å². The van der Waals surface area contributed by atoms with Crippen LogP contribution in [0.25, 0.3) is 0 Å². The third-order valence-electron chi connectivity index (χ3n) is 2.64. The lowest BCUT2D eigenvalue weighted by Gasteiger charge is -2.09. The molecule has 0 bridgehead atoms. The Labute approximate surface area is 126 Å². The third kappa shape index (κ3) is 3.60. The molecule has 0 saturated carbocycles. The highest BCUT2D eigenvalue weighted by Crippen LogP contribution is 2.15. The van der Waals surface area contributed by atoms with E-state index in [1.165, 1.54) is 7.11 Å². The van der Waals surface area contributed by atoms with Gasteiger partial charge in [-0.1, -0.05) is 17.7 Å².